The van der Waals surface area contributed by atoms with Crippen molar-refractivity contribution in [2.75, 3.05) is 28.4 Å². The molecule has 0 unspecified atom stereocenters. The van der Waals surface area contributed by atoms with Crippen LogP contribution in [0.25, 0.3) is 0 Å². The van der Waals surface area contributed by atoms with Crippen LogP contribution in [-0.4, -0.2) is 41.1 Å². The number of hydrogen-bond donors (Lipinski definition) is 0. The minimum Gasteiger partial charge on any atom is -0.496 e. The van der Waals surface area contributed by atoms with Gasteiger partial charge >= 0.3 is 0 Å². The van der Waals surface area contributed by atoms with Crippen molar-refractivity contribution in [2.45, 2.75) is 24.8 Å². The summed E-state index contributed by atoms with van der Waals surface area (Å²) in [5, 5.41) is 0. The van der Waals surface area contributed by atoms with Crippen molar-refractivity contribution in [2.24, 2.45) is 0 Å². The molecule has 142 valence electrons. The largest absolute Gasteiger partial charge is 0.496 e. The van der Waals surface area contributed by atoms with Crippen LogP contribution in [0.3, 0.4) is 0 Å². The summed E-state index contributed by atoms with van der Waals surface area (Å²) in [5.74, 6) is 1.85. The zero-order valence-electron chi connectivity index (χ0n) is 15.8. The maximum Gasteiger partial charge on any atom is 0.243 e. The highest BCUT2D eigenvalue weighted by molar-refractivity contribution is 7.89. The SMILES string of the molecule is CCc1cc(S(=O)(=O)N(C)Cc2ccc(OC)c(OC)c2)ccc1OC. The highest BCUT2D eigenvalue weighted by Crippen LogP contribution is 2.29. The Bertz CT molecular complexity index is 864. The van der Waals surface area contributed by atoms with Gasteiger partial charge in [-0.2, -0.15) is 4.31 Å². The molecule has 0 heterocycles. The fourth-order valence-corrected chi connectivity index (χ4v) is 3.90. The van der Waals surface area contributed by atoms with E-state index in [9.17, 15) is 8.42 Å². The van der Waals surface area contributed by atoms with Crippen LogP contribution >= 0.6 is 0 Å². The molecule has 0 fully saturated rings. The van der Waals surface area contributed by atoms with Crippen molar-refractivity contribution in [3.05, 3.63) is 47.5 Å². The molecule has 0 spiro atoms. The second kappa shape index (κ2) is 8.42. The first-order valence-corrected chi connectivity index (χ1v) is 9.65. The van der Waals surface area contributed by atoms with Crippen molar-refractivity contribution in [3.63, 3.8) is 0 Å². The third kappa shape index (κ3) is 4.11. The number of rotatable bonds is 8. The van der Waals surface area contributed by atoms with Gasteiger partial charge in [-0.25, -0.2) is 8.42 Å². The normalized spacial score (nSPS) is 11.5. The van der Waals surface area contributed by atoms with E-state index in [2.05, 4.69) is 0 Å². The number of sulfonamides is 1. The van der Waals surface area contributed by atoms with Crippen LogP contribution in [0.4, 0.5) is 0 Å². The smallest absolute Gasteiger partial charge is 0.243 e. The summed E-state index contributed by atoms with van der Waals surface area (Å²) in [5.41, 5.74) is 1.66. The molecule has 0 radical (unpaired) electrons. The van der Waals surface area contributed by atoms with Crippen LogP contribution in [0.2, 0.25) is 0 Å². The van der Waals surface area contributed by atoms with E-state index in [-0.39, 0.29) is 11.4 Å². The summed E-state index contributed by atoms with van der Waals surface area (Å²) in [7, 11) is 2.61. The Balaban J connectivity index is 2.29. The van der Waals surface area contributed by atoms with Gasteiger partial charge in [0.15, 0.2) is 11.5 Å². The average molecular weight is 379 g/mol. The van der Waals surface area contributed by atoms with Gasteiger partial charge in [0, 0.05) is 13.6 Å². The Labute approximate surface area is 155 Å². The lowest BCUT2D eigenvalue weighted by Gasteiger charge is -2.19. The average Bonchev–Trinajstić information content (AvgIpc) is 2.66. The Morgan fingerprint density at radius 3 is 2.08 bits per heavy atom. The Kier molecular flexibility index (Phi) is 6.50. The summed E-state index contributed by atoms with van der Waals surface area (Å²) in [6.45, 7) is 2.18. The number of benzene rings is 2. The molecule has 2 aromatic rings. The van der Waals surface area contributed by atoms with E-state index < -0.39 is 10.0 Å². The first-order chi connectivity index (χ1) is 12.4. The van der Waals surface area contributed by atoms with E-state index in [1.54, 1.807) is 58.7 Å². The monoisotopic (exact) mass is 379 g/mol. The van der Waals surface area contributed by atoms with Gasteiger partial charge in [0.2, 0.25) is 10.0 Å². The number of hydrogen-bond acceptors (Lipinski definition) is 5. The third-order valence-corrected chi connectivity index (χ3v) is 5.99. The molecule has 0 aromatic heterocycles. The summed E-state index contributed by atoms with van der Waals surface area (Å²) >= 11 is 0. The van der Waals surface area contributed by atoms with E-state index in [0.29, 0.717) is 23.7 Å². The fourth-order valence-electron chi connectivity index (χ4n) is 2.69. The van der Waals surface area contributed by atoms with Crippen LogP contribution in [0.5, 0.6) is 17.2 Å². The highest BCUT2D eigenvalue weighted by atomic mass is 32.2. The lowest BCUT2D eigenvalue weighted by molar-refractivity contribution is 0.354. The molecule has 2 rings (SSSR count). The van der Waals surface area contributed by atoms with E-state index in [4.69, 9.17) is 14.2 Å². The number of ether oxygens (including phenoxy) is 3. The number of methoxy groups -OCH3 is 3. The Hall–Kier alpha value is -2.25. The molecule has 26 heavy (non-hydrogen) atoms. The molecular weight excluding hydrogens is 354 g/mol. The summed E-state index contributed by atoms with van der Waals surface area (Å²) in [4.78, 5) is 0.248. The Morgan fingerprint density at radius 2 is 1.50 bits per heavy atom. The molecule has 6 nitrogen and oxygen atoms in total. The van der Waals surface area contributed by atoms with E-state index in [1.807, 2.05) is 13.0 Å². The zero-order valence-corrected chi connectivity index (χ0v) is 16.6. The number of aryl methyl sites for hydroxylation is 1. The van der Waals surface area contributed by atoms with Crippen LogP contribution in [0, 0.1) is 0 Å². The second-order valence-corrected chi connectivity index (χ2v) is 7.82. The summed E-state index contributed by atoms with van der Waals surface area (Å²) in [6.07, 6.45) is 0.686. The molecule has 0 saturated carbocycles. The minimum atomic E-state index is -3.62. The van der Waals surface area contributed by atoms with E-state index >= 15 is 0 Å². The predicted molar refractivity (Wildman–Crippen MR) is 101 cm³/mol. The molecular formula is C19H25NO5S. The van der Waals surface area contributed by atoms with Crippen LogP contribution < -0.4 is 14.2 Å². The van der Waals surface area contributed by atoms with Gasteiger partial charge < -0.3 is 14.2 Å². The number of nitrogens with zero attached hydrogens (tertiary/aromatic N) is 1. The first kappa shape index (κ1) is 20.1. The van der Waals surface area contributed by atoms with Crippen molar-refractivity contribution in [1.82, 2.24) is 4.31 Å². The standard InChI is InChI=1S/C19H25NO5S/c1-6-15-12-16(8-10-17(15)23-3)26(21,22)20(2)13-14-7-9-18(24-4)19(11-14)25-5/h7-12H,6,13H2,1-5H3. The molecule has 0 aliphatic carbocycles. The molecule has 0 aliphatic heterocycles. The molecule has 0 amide bonds. The van der Waals surface area contributed by atoms with Gasteiger partial charge in [0.1, 0.15) is 5.75 Å². The molecule has 0 N–H and O–H groups in total. The van der Waals surface area contributed by atoms with Crippen LogP contribution in [0.15, 0.2) is 41.3 Å². The van der Waals surface area contributed by atoms with Crippen molar-refractivity contribution >= 4 is 10.0 Å². The lowest BCUT2D eigenvalue weighted by Crippen LogP contribution is -2.26. The van der Waals surface area contributed by atoms with Crippen LogP contribution in [0.1, 0.15) is 18.1 Å². The van der Waals surface area contributed by atoms with Gasteiger partial charge in [-0.15, -0.1) is 0 Å². The highest BCUT2D eigenvalue weighted by Gasteiger charge is 2.22. The van der Waals surface area contributed by atoms with Crippen molar-refractivity contribution in [1.29, 1.82) is 0 Å². The van der Waals surface area contributed by atoms with Gasteiger partial charge in [0.05, 0.1) is 26.2 Å². The topological polar surface area (TPSA) is 65.1 Å². The minimum absolute atomic E-state index is 0.218. The quantitative estimate of drug-likeness (QED) is 0.705. The maximum atomic E-state index is 12.9. The maximum absolute atomic E-state index is 12.9. The lowest BCUT2D eigenvalue weighted by atomic mass is 10.1. The van der Waals surface area contributed by atoms with E-state index in [0.717, 1.165) is 11.1 Å². The summed E-state index contributed by atoms with van der Waals surface area (Å²) in [6, 6.07) is 10.3. The van der Waals surface area contributed by atoms with Gasteiger partial charge in [-0.3, -0.25) is 0 Å². The van der Waals surface area contributed by atoms with Crippen molar-refractivity contribution < 1.29 is 22.6 Å². The first-order valence-electron chi connectivity index (χ1n) is 8.21. The van der Waals surface area contributed by atoms with Crippen molar-refractivity contribution in [3.8, 4) is 17.2 Å². The molecule has 0 atom stereocenters. The van der Waals surface area contributed by atoms with Crippen LogP contribution in [-0.2, 0) is 23.0 Å². The molecule has 7 heteroatoms. The fraction of sp³-hybridized carbons (Fsp3) is 0.368. The Morgan fingerprint density at radius 1 is 0.885 bits per heavy atom. The second-order valence-electron chi connectivity index (χ2n) is 5.78. The third-order valence-electron chi connectivity index (χ3n) is 4.19. The molecule has 2 aromatic carbocycles. The predicted octanol–water partition coefficient (Wildman–Crippen LogP) is 3.10. The van der Waals surface area contributed by atoms with Gasteiger partial charge in [0.25, 0.3) is 0 Å². The molecule has 0 saturated heterocycles. The van der Waals surface area contributed by atoms with Gasteiger partial charge in [-0.05, 0) is 47.9 Å². The van der Waals surface area contributed by atoms with Gasteiger partial charge in [-0.1, -0.05) is 13.0 Å². The zero-order chi connectivity index (χ0) is 19.3. The van der Waals surface area contributed by atoms with E-state index in [1.165, 1.54) is 4.31 Å². The molecule has 0 aliphatic rings. The molecule has 0 bridgehead atoms. The summed E-state index contributed by atoms with van der Waals surface area (Å²) < 4.78 is 42.9.